The first-order valence-electron chi connectivity index (χ1n) is 5.36. The van der Waals surface area contributed by atoms with Crippen LogP contribution in [0.2, 0.25) is 0 Å². The first-order chi connectivity index (χ1) is 7.22. The van der Waals surface area contributed by atoms with E-state index >= 15 is 0 Å². The largest absolute Gasteiger partial charge is 0.460 e. The first kappa shape index (κ1) is 15.4. The molecular formula is C11H20BrNO3. The molecular weight excluding hydrogens is 274 g/mol. The number of nitrogens with one attached hydrogen (secondary N) is 1. The van der Waals surface area contributed by atoms with Crippen molar-refractivity contribution in [3.63, 3.8) is 0 Å². The average molecular weight is 294 g/mol. The number of hydrogen-bond donors (Lipinski definition) is 1. The molecule has 1 unspecified atom stereocenters. The van der Waals surface area contributed by atoms with Crippen LogP contribution in [0.15, 0.2) is 0 Å². The molecule has 0 aliphatic rings. The molecule has 0 spiro atoms. The van der Waals surface area contributed by atoms with E-state index in [0.717, 1.165) is 0 Å². The maximum absolute atomic E-state index is 11.3. The van der Waals surface area contributed by atoms with Crippen molar-refractivity contribution in [1.82, 2.24) is 5.32 Å². The number of amides is 1. The van der Waals surface area contributed by atoms with Gasteiger partial charge in [0, 0.05) is 13.0 Å². The standard InChI is InChI=1S/C11H20BrNO3/c1-8(12)10(15)13-7-5-6-9(14)16-11(2,3)4/h8H,5-7H2,1-4H3,(H,13,15). The van der Waals surface area contributed by atoms with Crippen LogP contribution in [0.25, 0.3) is 0 Å². The van der Waals surface area contributed by atoms with Crippen LogP contribution in [0.5, 0.6) is 0 Å². The molecule has 0 rings (SSSR count). The Morgan fingerprint density at radius 3 is 2.38 bits per heavy atom. The maximum atomic E-state index is 11.3. The van der Waals surface area contributed by atoms with Crippen LogP contribution in [0, 0.1) is 0 Å². The van der Waals surface area contributed by atoms with Crippen LogP contribution in [-0.4, -0.2) is 28.8 Å². The third-order valence-electron chi connectivity index (χ3n) is 1.64. The highest BCUT2D eigenvalue weighted by Gasteiger charge is 2.15. The number of esters is 1. The zero-order chi connectivity index (χ0) is 12.8. The van der Waals surface area contributed by atoms with Gasteiger partial charge in [-0.15, -0.1) is 0 Å². The molecule has 5 heteroatoms. The Kier molecular flexibility index (Phi) is 6.64. The fourth-order valence-corrected chi connectivity index (χ4v) is 1.14. The summed E-state index contributed by atoms with van der Waals surface area (Å²) in [6, 6.07) is 0. The summed E-state index contributed by atoms with van der Waals surface area (Å²) in [6.45, 7) is 7.74. The van der Waals surface area contributed by atoms with Gasteiger partial charge < -0.3 is 10.1 Å². The fourth-order valence-electron chi connectivity index (χ4n) is 0.977. The predicted octanol–water partition coefficient (Wildman–Crippen LogP) is 2.01. The Labute approximate surface area is 105 Å². The lowest BCUT2D eigenvalue weighted by Crippen LogP contribution is -2.31. The summed E-state index contributed by atoms with van der Waals surface area (Å²) in [6.07, 6.45) is 0.925. The van der Waals surface area contributed by atoms with E-state index in [2.05, 4.69) is 21.2 Å². The van der Waals surface area contributed by atoms with E-state index < -0.39 is 5.60 Å². The second-order valence-corrected chi connectivity index (χ2v) is 5.97. The fraction of sp³-hybridized carbons (Fsp3) is 0.818. The SMILES string of the molecule is CC(Br)C(=O)NCCCC(=O)OC(C)(C)C. The zero-order valence-corrected chi connectivity index (χ0v) is 11.9. The lowest BCUT2D eigenvalue weighted by molar-refractivity contribution is -0.155. The molecule has 0 saturated heterocycles. The molecule has 0 aromatic rings. The summed E-state index contributed by atoms with van der Waals surface area (Å²) >= 11 is 3.16. The van der Waals surface area contributed by atoms with Crippen molar-refractivity contribution in [2.75, 3.05) is 6.54 Å². The lowest BCUT2D eigenvalue weighted by atomic mass is 10.2. The molecule has 0 aromatic heterocycles. The van der Waals surface area contributed by atoms with Gasteiger partial charge in [0.2, 0.25) is 5.91 Å². The minimum atomic E-state index is -0.440. The minimum absolute atomic E-state index is 0.0656. The molecule has 0 saturated carbocycles. The van der Waals surface area contributed by atoms with Gasteiger partial charge in [-0.25, -0.2) is 0 Å². The predicted molar refractivity (Wildman–Crippen MR) is 66.5 cm³/mol. The van der Waals surface area contributed by atoms with Crippen LogP contribution in [-0.2, 0) is 14.3 Å². The summed E-state index contributed by atoms with van der Waals surface area (Å²) in [4.78, 5) is 22.2. The summed E-state index contributed by atoms with van der Waals surface area (Å²) in [7, 11) is 0. The molecule has 0 aliphatic heterocycles. The maximum Gasteiger partial charge on any atom is 0.306 e. The molecule has 16 heavy (non-hydrogen) atoms. The van der Waals surface area contributed by atoms with Gasteiger partial charge in [0.1, 0.15) is 5.60 Å². The topological polar surface area (TPSA) is 55.4 Å². The zero-order valence-electron chi connectivity index (χ0n) is 10.3. The Balaban J connectivity index is 3.60. The van der Waals surface area contributed by atoms with Gasteiger partial charge in [-0.05, 0) is 34.1 Å². The third-order valence-corrected chi connectivity index (χ3v) is 2.05. The molecule has 0 fully saturated rings. The van der Waals surface area contributed by atoms with E-state index in [9.17, 15) is 9.59 Å². The van der Waals surface area contributed by atoms with Gasteiger partial charge in [-0.2, -0.15) is 0 Å². The number of carbonyl (C=O) groups excluding carboxylic acids is 2. The van der Waals surface area contributed by atoms with Gasteiger partial charge in [0.05, 0.1) is 4.83 Å². The van der Waals surface area contributed by atoms with Gasteiger partial charge in [-0.3, -0.25) is 9.59 Å². The quantitative estimate of drug-likeness (QED) is 0.479. The molecule has 0 aliphatic carbocycles. The lowest BCUT2D eigenvalue weighted by Gasteiger charge is -2.19. The number of halogens is 1. The van der Waals surface area contributed by atoms with Gasteiger partial charge in [-0.1, -0.05) is 15.9 Å². The smallest absolute Gasteiger partial charge is 0.306 e. The van der Waals surface area contributed by atoms with Crippen molar-refractivity contribution in [3.8, 4) is 0 Å². The van der Waals surface area contributed by atoms with E-state index in [0.29, 0.717) is 19.4 Å². The molecule has 4 nitrogen and oxygen atoms in total. The van der Waals surface area contributed by atoms with Crippen molar-refractivity contribution in [2.45, 2.75) is 51.0 Å². The van der Waals surface area contributed by atoms with Crippen LogP contribution >= 0.6 is 15.9 Å². The normalized spacial score (nSPS) is 13.1. The molecule has 1 N–H and O–H groups in total. The van der Waals surface area contributed by atoms with Crippen molar-refractivity contribution < 1.29 is 14.3 Å². The second-order valence-electron chi connectivity index (χ2n) is 4.60. The Morgan fingerprint density at radius 2 is 1.94 bits per heavy atom. The van der Waals surface area contributed by atoms with E-state index in [1.165, 1.54) is 0 Å². The minimum Gasteiger partial charge on any atom is -0.460 e. The van der Waals surface area contributed by atoms with Gasteiger partial charge in [0.15, 0.2) is 0 Å². The number of rotatable bonds is 5. The highest BCUT2D eigenvalue weighted by atomic mass is 79.9. The Bertz CT molecular complexity index is 246. The van der Waals surface area contributed by atoms with E-state index in [1.54, 1.807) is 6.92 Å². The summed E-state index contributed by atoms with van der Waals surface area (Å²) in [5.41, 5.74) is -0.440. The third kappa shape index (κ3) is 8.71. The molecule has 1 amide bonds. The molecule has 1 atom stereocenters. The van der Waals surface area contributed by atoms with Crippen molar-refractivity contribution in [3.05, 3.63) is 0 Å². The number of carbonyl (C=O) groups is 2. The number of ether oxygens (including phenoxy) is 1. The molecule has 0 aromatic carbocycles. The van der Waals surface area contributed by atoms with Crippen LogP contribution < -0.4 is 5.32 Å². The summed E-state index contributed by atoms with van der Waals surface area (Å²) in [5.74, 6) is -0.294. The van der Waals surface area contributed by atoms with E-state index in [-0.39, 0.29) is 16.7 Å². The first-order valence-corrected chi connectivity index (χ1v) is 6.27. The number of alkyl halides is 1. The van der Waals surface area contributed by atoms with Crippen LogP contribution in [0.1, 0.15) is 40.5 Å². The van der Waals surface area contributed by atoms with Crippen molar-refractivity contribution in [2.24, 2.45) is 0 Å². The highest BCUT2D eigenvalue weighted by Crippen LogP contribution is 2.08. The monoisotopic (exact) mass is 293 g/mol. The number of hydrogen-bond acceptors (Lipinski definition) is 3. The molecule has 0 bridgehead atoms. The van der Waals surface area contributed by atoms with E-state index in [4.69, 9.17) is 4.74 Å². The summed E-state index contributed by atoms with van der Waals surface area (Å²) in [5, 5.41) is 2.71. The van der Waals surface area contributed by atoms with Crippen molar-refractivity contribution in [1.29, 1.82) is 0 Å². The Morgan fingerprint density at radius 1 is 1.38 bits per heavy atom. The molecule has 0 heterocycles. The second kappa shape index (κ2) is 6.89. The van der Waals surface area contributed by atoms with Crippen LogP contribution in [0.3, 0.4) is 0 Å². The average Bonchev–Trinajstić information content (AvgIpc) is 2.08. The van der Waals surface area contributed by atoms with Crippen molar-refractivity contribution >= 4 is 27.8 Å². The van der Waals surface area contributed by atoms with Gasteiger partial charge in [0.25, 0.3) is 0 Å². The van der Waals surface area contributed by atoms with E-state index in [1.807, 2.05) is 20.8 Å². The van der Waals surface area contributed by atoms with Crippen LogP contribution in [0.4, 0.5) is 0 Å². The molecule has 94 valence electrons. The summed E-state index contributed by atoms with van der Waals surface area (Å²) < 4.78 is 5.13. The van der Waals surface area contributed by atoms with Gasteiger partial charge >= 0.3 is 5.97 Å². The Hall–Kier alpha value is -0.580. The highest BCUT2D eigenvalue weighted by molar-refractivity contribution is 9.10. The molecule has 0 radical (unpaired) electrons.